The zero-order valence-electron chi connectivity index (χ0n) is 12.9. The van der Waals surface area contributed by atoms with E-state index in [1.165, 1.54) is 6.92 Å². The first-order chi connectivity index (χ1) is 10.5. The number of piperidine rings is 1. The average molecular weight is 342 g/mol. The van der Waals surface area contributed by atoms with E-state index in [2.05, 4.69) is 5.32 Å². The first-order valence-corrected chi connectivity index (χ1v) is 9.69. The summed E-state index contributed by atoms with van der Waals surface area (Å²) in [6.45, 7) is 4.58. The maximum absolute atomic E-state index is 12.4. The maximum atomic E-state index is 12.4. The molecule has 1 fully saturated rings. The minimum absolute atomic E-state index is 0.0124. The van der Waals surface area contributed by atoms with Gasteiger partial charge in [0.05, 0.1) is 5.25 Å². The van der Waals surface area contributed by atoms with Crippen LogP contribution < -0.4 is 5.32 Å². The third kappa shape index (κ3) is 4.64. The maximum Gasteiger partial charge on any atom is 0.235 e. The van der Waals surface area contributed by atoms with Crippen molar-refractivity contribution in [2.45, 2.75) is 38.0 Å². The molecule has 1 aliphatic heterocycles. The molecule has 2 heterocycles. The molecular formula is C15H22N2O3S2. The highest BCUT2D eigenvalue weighted by atomic mass is 32.2. The standard InChI is InChI=1S/C15H22N2O3S2/c1-11(14-6-4-8-21-14)22(20)10-15(19)17-7-3-5-13(9-17)16-12(2)18/h4,6,8,11,13H,3,5,7,9-10H2,1-2H3,(H,16,18)/t11-,13+,22+/m0/s1. The molecular weight excluding hydrogens is 320 g/mol. The molecule has 0 spiro atoms. The highest BCUT2D eigenvalue weighted by Gasteiger charge is 2.26. The van der Waals surface area contributed by atoms with Crippen LogP contribution in [0.15, 0.2) is 17.5 Å². The number of likely N-dealkylation sites (tertiary alicyclic amines) is 1. The van der Waals surface area contributed by atoms with Gasteiger partial charge in [-0.25, -0.2) is 0 Å². The number of rotatable bonds is 5. The minimum Gasteiger partial charge on any atom is -0.352 e. The summed E-state index contributed by atoms with van der Waals surface area (Å²) in [5.41, 5.74) is 0. The largest absolute Gasteiger partial charge is 0.352 e. The van der Waals surface area contributed by atoms with E-state index in [4.69, 9.17) is 0 Å². The molecule has 3 atom stereocenters. The monoisotopic (exact) mass is 342 g/mol. The molecule has 2 amide bonds. The fourth-order valence-corrected chi connectivity index (χ4v) is 4.76. The minimum atomic E-state index is -1.22. The number of nitrogens with zero attached hydrogens (tertiary/aromatic N) is 1. The van der Waals surface area contributed by atoms with Gasteiger partial charge in [0, 0.05) is 41.7 Å². The quantitative estimate of drug-likeness (QED) is 0.885. The molecule has 7 heteroatoms. The van der Waals surface area contributed by atoms with E-state index in [0.29, 0.717) is 13.1 Å². The lowest BCUT2D eigenvalue weighted by Gasteiger charge is -2.33. The third-order valence-corrected chi connectivity index (χ3v) is 6.56. The Balaban J connectivity index is 1.88. The van der Waals surface area contributed by atoms with Crippen molar-refractivity contribution < 1.29 is 13.8 Å². The van der Waals surface area contributed by atoms with Crippen molar-refractivity contribution in [1.82, 2.24) is 10.2 Å². The zero-order valence-corrected chi connectivity index (χ0v) is 14.5. The Labute approximate surface area is 137 Å². The SMILES string of the molecule is CC(=O)N[C@@H]1CCCN(C(=O)C[S@@](=O)[C@@H](C)c2cccs2)C1. The van der Waals surface area contributed by atoms with Crippen LogP contribution in [0.25, 0.3) is 0 Å². The molecule has 1 aliphatic rings. The van der Waals surface area contributed by atoms with Crippen LogP contribution >= 0.6 is 11.3 Å². The lowest BCUT2D eigenvalue weighted by atomic mass is 10.1. The van der Waals surface area contributed by atoms with Gasteiger partial charge in [-0.3, -0.25) is 13.8 Å². The Morgan fingerprint density at radius 3 is 2.95 bits per heavy atom. The summed E-state index contributed by atoms with van der Waals surface area (Å²) in [4.78, 5) is 26.2. The molecule has 2 rings (SSSR count). The van der Waals surface area contributed by atoms with Gasteiger partial charge in [-0.15, -0.1) is 11.3 Å². The number of nitrogens with one attached hydrogen (secondary N) is 1. The number of hydrogen-bond donors (Lipinski definition) is 1. The molecule has 1 saturated heterocycles. The molecule has 22 heavy (non-hydrogen) atoms. The third-order valence-electron chi connectivity index (χ3n) is 3.79. The van der Waals surface area contributed by atoms with E-state index in [0.717, 1.165) is 17.7 Å². The van der Waals surface area contributed by atoms with Crippen LogP contribution in [0.1, 0.15) is 36.8 Å². The highest BCUT2D eigenvalue weighted by Crippen LogP contribution is 2.24. The van der Waals surface area contributed by atoms with Crippen LogP contribution in [0.5, 0.6) is 0 Å². The van der Waals surface area contributed by atoms with Crippen molar-refractivity contribution in [3.05, 3.63) is 22.4 Å². The highest BCUT2D eigenvalue weighted by molar-refractivity contribution is 7.86. The summed E-state index contributed by atoms with van der Waals surface area (Å²) in [6, 6.07) is 3.89. The molecule has 122 valence electrons. The molecule has 1 aromatic heterocycles. The van der Waals surface area contributed by atoms with Crippen LogP contribution in [0.3, 0.4) is 0 Å². The van der Waals surface area contributed by atoms with E-state index < -0.39 is 10.8 Å². The first-order valence-electron chi connectivity index (χ1n) is 7.43. The topological polar surface area (TPSA) is 66.5 Å². The Morgan fingerprint density at radius 2 is 2.32 bits per heavy atom. The van der Waals surface area contributed by atoms with Gasteiger partial charge in [0.15, 0.2) is 0 Å². The molecule has 0 unspecified atom stereocenters. The smallest absolute Gasteiger partial charge is 0.235 e. The summed E-state index contributed by atoms with van der Waals surface area (Å²) in [5, 5.41) is 4.68. The van der Waals surface area contributed by atoms with Gasteiger partial charge in [-0.05, 0) is 31.2 Å². The van der Waals surface area contributed by atoms with Gasteiger partial charge < -0.3 is 10.2 Å². The predicted octanol–water partition coefficient (Wildman–Crippen LogP) is 1.68. The van der Waals surface area contributed by atoms with E-state index in [9.17, 15) is 13.8 Å². The second-order valence-corrected chi connectivity index (χ2v) is 8.30. The number of carbonyl (C=O) groups is 2. The van der Waals surface area contributed by atoms with Gasteiger partial charge in [0.25, 0.3) is 0 Å². The Hall–Kier alpha value is -1.21. The first kappa shape index (κ1) is 17.1. The number of thiophene rings is 1. The fourth-order valence-electron chi connectivity index (χ4n) is 2.60. The van der Waals surface area contributed by atoms with E-state index in [-0.39, 0.29) is 28.9 Å². The van der Waals surface area contributed by atoms with Crippen molar-refractivity contribution in [3.63, 3.8) is 0 Å². The van der Waals surface area contributed by atoms with Crippen molar-refractivity contribution in [1.29, 1.82) is 0 Å². The van der Waals surface area contributed by atoms with Crippen molar-refractivity contribution in [2.75, 3.05) is 18.8 Å². The summed E-state index contributed by atoms with van der Waals surface area (Å²) in [7, 11) is -1.22. The molecule has 5 nitrogen and oxygen atoms in total. The van der Waals surface area contributed by atoms with Crippen LogP contribution in [0.4, 0.5) is 0 Å². The zero-order chi connectivity index (χ0) is 16.1. The second-order valence-electron chi connectivity index (χ2n) is 5.56. The van der Waals surface area contributed by atoms with Gasteiger partial charge in [-0.2, -0.15) is 0 Å². The molecule has 0 radical (unpaired) electrons. The fraction of sp³-hybridized carbons (Fsp3) is 0.600. The lowest BCUT2D eigenvalue weighted by molar-refractivity contribution is -0.130. The van der Waals surface area contributed by atoms with Crippen LogP contribution in [-0.4, -0.2) is 45.8 Å². The van der Waals surface area contributed by atoms with Gasteiger partial charge in [-0.1, -0.05) is 6.07 Å². The number of carbonyl (C=O) groups excluding carboxylic acids is 2. The summed E-state index contributed by atoms with van der Waals surface area (Å²) in [6.07, 6.45) is 1.75. The van der Waals surface area contributed by atoms with Crippen LogP contribution in [0, 0.1) is 0 Å². The van der Waals surface area contributed by atoms with Gasteiger partial charge >= 0.3 is 0 Å². The van der Waals surface area contributed by atoms with Crippen molar-refractivity contribution >= 4 is 34.0 Å². The van der Waals surface area contributed by atoms with Gasteiger partial charge in [0.2, 0.25) is 11.8 Å². The molecule has 1 N–H and O–H groups in total. The molecule has 1 aromatic rings. The molecule has 0 aromatic carbocycles. The van der Waals surface area contributed by atoms with Crippen LogP contribution in [0.2, 0.25) is 0 Å². The summed E-state index contributed by atoms with van der Waals surface area (Å²) < 4.78 is 12.4. The number of hydrogen-bond acceptors (Lipinski definition) is 4. The Bertz CT molecular complexity index is 545. The van der Waals surface area contributed by atoms with E-state index in [1.54, 1.807) is 16.2 Å². The molecule has 0 aliphatic carbocycles. The van der Waals surface area contributed by atoms with Crippen LogP contribution in [-0.2, 0) is 20.4 Å². The average Bonchev–Trinajstić information content (AvgIpc) is 3.00. The Kier molecular flexibility index (Phi) is 6.14. The van der Waals surface area contributed by atoms with E-state index in [1.807, 2.05) is 24.4 Å². The van der Waals surface area contributed by atoms with E-state index >= 15 is 0 Å². The van der Waals surface area contributed by atoms with Crippen molar-refractivity contribution in [2.24, 2.45) is 0 Å². The normalized spacial score (nSPS) is 21.2. The molecule has 0 saturated carbocycles. The summed E-state index contributed by atoms with van der Waals surface area (Å²) in [5.74, 6) is -0.114. The second kappa shape index (κ2) is 7.87. The molecule has 0 bridgehead atoms. The van der Waals surface area contributed by atoms with Gasteiger partial charge in [0.1, 0.15) is 5.75 Å². The lowest BCUT2D eigenvalue weighted by Crippen LogP contribution is -2.50. The predicted molar refractivity (Wildman–Crippen MR) is 89.2 cm³/mol. The van der Waals surface area contributed by atoms with Crippen molar-refractivity contribution in [3.8, 4) is 0 Å². The summed E-state index contributed by atoms with van der Waals surface area (Å²) >= 11 is 1.56. The Morgan fingerprint density at radius 1 is 1.55 bits per heavy atom. The number of amides is 2.